The van der Waals surface area contributed by atoms with E-state index in [0.29, 0.717) is 6.10 Å². The van der Waals surface area contributed by atoms with Crippen LogP contribution in [-0.4, -0.2) is 47.2 Å². The Hall–Kier alpha value is -1.24. The average Bonchev–Trinajstić information content (AvgIpc) is 3.38. The van der Waals surface area contributed by atoms with Gasteiger partial charge in [0.1, 0.15) is 16.5 Å². The van der Waals surface area contributed by atoms with Crippen molar-refractivity contribution in [1.82, 2.24) is 14.9 Å². The Bertz CT molecular complexity index is 806. The Morgan fingerprint density at radius 3 is 2.85 bits per heavy atom. The summed E-state index contributed by atoms with van der Waals surface area (Å²) in [5.41, 5.74) is 1.50. The van der Waals surface area contributed by atoms with Gasteiger partial charge in [-0.3, -0.25) is 4.90 Å². The largest absolute Gasteiger partial charge is 0.376 e. The van der Waals surface area contributed by atoms with Crippen molar-refractivity contribution in [3.63, 3.8) is 0 Å². The molecule has 2 aromatic rings. The molecule has 0 radical (unpaired) electrons. The lowest BCUT2D eigenvalue weighted by Gasteiger charge is -2.29. The topological polar surface area (TPSA) is 50.3 Å². The highest BCUT2D eigenvalue weighted by atomic mass is 32.1. The van der Waals surface area contributed by atoms with E-state index >= 15 is 0 Å². The van der Waals surface area contributed by atoms with Gasteiger partial charge in [-0.05, 0) is 69.5 Å². The molecule has 2 aromatic heterocycles. The van der Waals surface area contributed by atoms with Crippen LogP contribution in [0.3, 0.4) is 0 Å². The second-order valence-electron chi connectivity index (χ2n) is 8.50. The quantitative estimate of drug-likeness (QED) is 0.842. The van der Waals surface area contributed by atoms with E-state index in [2.05, 4.69) is 17.1 Å². The Morgan fingerprint density at radius 1 is 1.15 bits per heavy atom. The molecule has 0 saturated carbocycles. The molecule has 5 rings (SSSR count). The zero-order valence-electron chi connectivity index (χ0n) is 16.3. The van der Waals surface area contributed by atoms with Gasteiger partial charge in [-0.25, -0.2) is 9.97 Å². The summed E-state index contributed by atoms with van der Waals surface area (Å²) in [6.45, 7) is 7.33. The predicted octanol–water partition coefficient (Wildman–Crippen LogP) is 4.00. The summed E-state index contributed by atoms with van der Waals surface area (Å²) in [4.78, 5) is 15.2. The van der Waals surface area contributed by atoms with Crippen molar-refractivity contribution in [1.29, 1.82) is 0 Å². The lowest BCUT2D eigenvalue weighted by molar-refractivity contribution is 0.120. The Balaban J connectivity index is 1.41. The lowest BCUT2D eigenvalue weighted by Crippen LogP contribution is -2.33. The zero-order chi connectivity index (χ0) is 18.2. The summed E-state index contributed by atoms with van der Waals surface area (Å²) in [5, 5.41) is 4.94. The number of aromatic nitrogens is 2. The standard InChI is InChI=1S/C21H30N4OS/c1-14-7-9-25(10-8-14)13-18-23-20(22-12-15-4-3-11-26-15)19-16-5-2-6-17(16)27-21(19)24-18/h14-15H,2-13H2,1H3,(H,22,23,24)/t15-/m1/s1. The molecule has 5 nitrogen and oxygen atoms in total. The fraction of sp³-hybridized carbons (Fsp3) is 0.714. The number of ether oxygens (including phenoxy) is 1. The maximum atomic E-state index is 5.81. The number of rotatable bonds is 5. The van der Waals surface area contributed by atoms with Crippen LogP contribution >= 0.6 is 11.3 Å². The highest BCUT2D eigenvalue weighted by molar-refractivity contribution is 7.19. The van der Waals surface area contributed by atoms with Crippen LogP contribution in [0, 0.1) is 5.92 Å². The Morgan fingerprint density at radius 2 is 2.04 bits per heavy atom. The van der Waals surface area contributed by atoms with Crippen LogP contribution in [0.5, 0.6) is 0 Å². The number of hydrogen-bond acceptors (Lipinski definition) is 6. The fourth-order valence-electron chi connectivity index (χ4n) is 4.67. The first-order valence-electron chi connectivity index (χ1n) is 10.7. The summed E-state index contributed by atoms with van der Waals surface area (Å²) in [6.07, 6.45) is 8.90. The molecule has 1 aliphatic carbocycles. The number of fused-ring (bicyclic) bond motifs is 3. The molecular weight excluding hydrogens is 356 g/mol. The van der Waals surface area contributed by atoms with Gasteiger partial charge in [0.2, 0.25) is 0 Å². The average molecular weight is 387 g/mol. The summed E-state index contributed by atoms with van der Waals surface area (Å²) in [7, 11) is 0. The summed E-state index contributed by atoms with van der Waals surface area (Å²) >= 11 is 1.89. The van der Waals surface area contributed by atoms with Crippen LogP contribution < -0.4 is 5.32 Å². The Labute approximate surface area is 165 Å². The van der Waals surface area contributed by atoms with E-state index in [-0.39, 0.29) is 0 Å². The van der Waals surface area contributed by atoms with Crippen LogP contribution in [0.2, 0.25) is 0 Å². The minimum absolute atomic E-state index is 0.328. The second-order valence-corrected chi connectivity index (χ2v) is 9.58. The molecule has 2 aliphatic heterocycles. The molecule has 0 unspecified atom stereocenters. The molecule has 0 spiro atoms. The van der Waals surface area contributed by atoms with E-state index in [9.17, 15) is 0 Å². The van der Waals surface area contributed by atoms with Crippen molar-refractivity contribution in [2.75, 3.05) is 31.6 Å². The molecule has 0 amide bonds. The number of likely N-dealkylation sites (tertiary alicyclic amines) is 1. The summed E-state index contributed by atoms with van der Waals surface area (Å²) in [5.74, 6) is 2.88. The van der Waals surface area contributed by atoms with E-state index in [1.807, 2.05) is 11.3 Å². The zero-order valence-corrected chi connectivity index (χ0v) is 17.1. The second kappa shape index (κ2) is 7.64. The minimum atomic E-state index is 0.328. The van der Waals surface area contributed by atoms with E-state index in [1.165, 1.54) is 72.3 Å². The number of thiophene rings is 1. The first-order chi connectivity index (χ1) is 13.3. The van der Waals surface area contributed by atoms with E-state index in [4.69, 9.17) is 14.7 Å². The number of nitrogens with one attached hydrogen (secondary N) is 1. The predicted molar refractivity (Wildman–Crippen MR) is 111 cm³/mol. The molecule has 2 saturated heterocycles. The van der Waals surface area contributed by atoms with Gasteiger partial charge in [0, 0.05) is 18.0 Å². The molecule has 146 valence electrons. The van der Waals surface area contributed by atoms with Gasteiger partial charge in [-0.15, -0.1) is 11.3 Å². The maximum absolute atomic E-state index is 5.81. The third kappa shape index (κ3) is 3.71. The molecule has 2 fully saturated rings. The van der Waals surface area contributed by atoms with Crippen molar-refractivity contribution in [2.24, 2.45) is 5.92 Å². The van der Waals surface area contributed by atoms with Gasteiger partial charge in [0.05, 0.1) is 18.0 Å². The van der Waals surface area contributed by atoms with Crippen molar-refractivity contribution < 1.29 is 4.74 Å². The number of nitrogens with zero attached hydrogens (tertiary/aromatic N) is 3. The number of anilines is 1. The van der Waals surface area contributed by atoms with Crippen LogP contribution in [0.15, 0.2) is 0 Å². The molecule has 0 aromatic carbocycles. The highest BCUT2D eigenvalue weighted by Crippen LogP contribution is 2.39. The fourth-order valence-corrected chi connectivity index (χ4v) is 5.95. The molecule has 1 atom stereocenters. The van der Waals surface area contributed by atoms with Gasteiger partial charge in [-0.2, -0.15) is 0 Å². The van der Waals surface area contributed by atoms with Crippen molar-refractivity contribution >= 4 is 27.4 Å². The van der Waals surface area contributed by atoms with Crippen LogP contribution in [0.4, 0.5) is 5.82 Å². The van der Waals surface area contributed by atoms with E-state index < -0.39 is 0 Å². The summed E-state index contributed by atoms with van der Waals surface area (Å²) in [6, 6.07) is 0. The first-order valence-corrected chi connectivity index (χ1v) is 11.5. The molecule has 0 bridgehead atoms. The lowest BCUT2D eigenvalue weighted by atomic mass is 9.99. The van der Waals surface area contributed by atoms with Crippen LogP contribution in [-0.2, 0) is 24.1 Å². The molecule has 4 heterocycles. The van der Waals surface area contributed by atoms with Crippen molar-refractivity contribution in [3.8, 4) is 0 Å². The maximum Gasteiger partial charge on any atom is 0.146 e. The highest BCUT2D eigenvalue weighted by Gasteiger charge is 2.24. The molecule has 27 heavy (non-hydrogen) atoms. The van der Waals surface area contributed by atoms with Gasteiger partial charge in [0.25, 0.3) is 0 Å². The molecule has 6 heteroatoms. The van der Waals surface area contributed by atoms with E-state index in [1.54, 1.807) is 0 Å². The molecule has 1 N–H and O–H groups in total. The normalized spacial score (nSPS) is 24.0. The summed E-state index contributed by atoms with van der Waals surface area (Å²) < 4.78 is 5.81. The van der Waals surface area contributed by atoms with E-state index in [0.717, 1.165) is 43.7 Å². The molecule has 3 aliphatic rings. The number of aryl methyl sites for hydroxylation is 2. The smallest absolute Gasteiger partial charge is 0.146 e. The number of piperidine rings is 1. The Kier molecular flexibility index (Phi) is 5.05. The van der Waals surface area contributed by atoms with Gasteiger partial charge in [-0.1, -0.05) is 6.92 Å². The van der Waals surface area contributed by atoms with Crippen molar-refractivity contribution in [2.45, 2.75) is 64.5 Å². The van der Waals surface area contributed by atoms with Gasteiger partial charge in [0.15, 0.2) is 0 Å². The van der Waals surface area contributed by atoms with Crippen LogP contribution in [0.1, 0.15) is 55.3 Å². The first kappa shape index (κ1) is 17.8. The van der Waals surface area contributed by atoms with Gasteiger partial charge < -0.3 is 10.1 Å². The van der Waals surface area contributed by atoms with Gasteiger partial charge >= 0.3 is 0 Å². The number of hydrogen-bond donors (Lipinski definition) is 1. The molecular formula is C21H30N4OS. The third-order valence-electron chi connectivity index (χ3n) is 6.37. The SMILES string of the molecule is CC1CCN(Cc2nc(NC[C@H]3CCCO3)c3c4c(sc3n2)CCC4)CC1. The van der Waals surface area contributed by atoms with Crippen LogP contribution in [0.25, 0.3) is 10.2 Å². The monoisotopic (exact) mass is 386 g/mol. The minimum Gasteiger partial charge on any atom is -0.376 e. The third-order valence-corrected chi connectivity index (χ3v) is 7.56. The van der Waals surface area contributed by atoms with Crippen molar-refractivity contribution in [3.05, 3.63) is 16.3 Å².